The normalized spacial score (nSPS) is 14.3. The van der Waals surface area contributed by atoms with Crippen LogP contribution in [0.25, 0.3) is 0 Å². The monoisotopic (exact) mass is 503 g/mol. The van der Waals surface area contributed by atoms with E-state index >= 15 is 0 Å². The van der Waals surface area contributed by atoms with E-state index in [1.165, 1.54) is 6.92 Å². The highest BCUT2D eigenvalue weighted by molar-refractivity contribution is 5.73. The molecule has 0 aromatic heterocycles. The van der Waals surface area contributed by atoms with Crippen LogP contribution in [0.15, 0.2) is 104 Å². The Balaban J connectivity index is 1.82. The zero-order chi connectivity index (χ0) is 26.3. The fourth-order valence-corrected chi connectivity index (χ4v) is 4.03. The highest BCUT2D eigenvalue weighted by Gasteiger charge is 2.35. The van der Waals surface area contributed by atoms with Crippen molar-refractivity contribution in [3.05, 3.63) is 120 Å². The first-order chi connectivity index (χ1) is 18.1. The maximum atomic E-state index is 11.9. The first-order valence-corrected chi connectivity index (χ1v) is 12.6. The van der Waals surface area contributed by atoms with Gasteiger partial charge in [-0.1, -0.05) is 97.1 Å². The average molecular weight is 504 g/mol. The quantitative estimate of drug-likeness (QED) is 0.274. The zero-order valence-electron chi connectivity index (χ0n) is 21.4. The van der Waals surface area contributed by atoms with E-state index in [2.05, 4.69) is 11.9 Å². The number of carbonyl (C=O) groups is 1. The standard InChI is InChI=1S/C31H37NO5/c1-3-13-28(32-24(2)33)30(34)31(37-22-27-18-11-6-12-19-27)29(36-21-26-16-9-5-10-17-26)23-35-20-25-14-7-4-8-15-25/h3-12,14-19,28-31,34H,1,13,20-23H2,2H3,(H,32,33)/t28-,29-,30-,31-/m1/s1. The van der Waals surface area contributed by atoms with Crippen LogP contribution in [-0.4, -0.2) is 42.0 Å². The third kappa shape index (κ3) is 9.94. The van der Waals surface area contributed by atoms with Gasteiger partial charge in [0.2, 0.25) is 5.91 Å². The van der Waals surface area contributed by atoms with Crippen LogP contribution in [0.3, 0.4) is 0 Å². The molecule has 0 saturated heterocycles. The Morgan fingerprint density at radius 3 is 1.81 bits per heavy atom. The molecule has 0 saturated carbocycles. The van der Waals surface area contributed by atoms with Crippen LogP contribution in [0.1, 0.15) is 30.0 Å². The fourth-order valence-electron chi connectivity index (χ4n) is 4.03. The molecule has 0 aliphatic carbocycles. The minimum Gasteiger partial charge on any atom is -0.388 e. The van der Waals surface area contributed by atoms with Gasteiger partial charge in [0.05, 0.1) is 32.5 Å². The molecule has 196 valence electrons. The molecule has 1 amide bonds. The van der Waals surface area contributed by atoms with Crippen molar-refractivity contribution < 1.29 is 24.1 Å². The van der Waals surface area contributed by atoms with Gasteiger partial charge in [0.25, 0.3) is 0 Å². The van der Waals surface area contributed by atoms with Crippen molar-refractivity contribution >= 4 is 5.91 Å². The Morgan fingerprint density at radius 1 is 0.838 bits per heavy atom. The van der Waals surface area contributed by atoms with Crippen LogP contribution in [0.2, 0.25) is 0 Å². The van der Waals surface area contributed by atoms with Crippen LogP contribution >= 0.6 is 0 Å². The second-order valence-corrected chi connectivity index (χ2v) is 8.92. The lowest BCUT2D eigenvalue weighted by atomic mass is 9.98. The molecule has 3 aromatic carbocycles. The number of hydrogen-bond acceptors (Lipinski definition) is 5. The maximum absolute atomic E-state index is 11.9. The highest BCUT2D eigenvalue weighted by atomic mass is 16.6. The molecule has 3 aromatic rings. The Kier molecular flexibility index (Phi) is 12.0. The van der Waals surface area contributed by atoms with Gasteiger partial charge in [-0.25, -0.2) is 0 Å². The predicted molar refractivity (Wildman–Crippen MR) is 145 cm³/mol. The van der Waals surface area contributed by atoms with Crippen molar-refractivity contribution in [1.82, 2.24) is 5.32 Å². The van der Waals surface area contributed by atoms with Crippen molar-refractivity contribution in [2.24, 2.45) is 0 Å². The molecule has 37 heavy (non-hydrogen) atoms. The van der Waals surface area contributed by atoms with Gasteiger partial charge in [0.1, 0.15) is 18.3 Å². The fraction of sp³-hybridized carbons (Fsp3) is 0.323. The summed E-state index contributed by atoms with van der Waals surface area (Å²) in [5.74, 6) is -0.241. The number of aliphatic hydroxyl groups is 1. The molecule has 6 heteroatoms. The minimum absolute atomic E-state index is 0.194. The largest absolute Gasteiger partial charge is 0.388 e. The Labute approximate surface area is 219 Å². The first kappa shape index (κ1) is 28.3. The molecule has 3 rings (SSSR count). The van der Waals surface area contributed by atoms with E-state index in [0.29, 0.717) is 19.6 Å². The molecule has 0 heterocycles. The molecular weight excluding hydrogens is 466 g/mol. The molecule has 0 spiro atoms. The predicted octanol–water partition coefficient (Wildman–Crippen LogP) is 4.82. The Bertz CT molecular complexity index is 1040. The van der Waals surface area contributed by atoms with E-state index in [1.807, 2.05) is 91.0 Å². The molecule has 6 nitrogen and oxygen atoms in total. The second kappa shape index (κ2) is 15.7. The lowest BCUT2D eigenvalue weighted by Gasteiger charge is -2.35. The lowest BCUT2D eigenvalue weighted by Crippen LogP contribution is -2.54. The van der Waals surface area contributed by atoms with Crippen LogP contribution < -0.4 is 5.32 Å². The summed E-state index contributed by atoms with van der Waals surface area (Å²) >= 11 is 0. The van der Waals surface area contributed by atoms with Crippen molar-refractivity contribution in [3.8, 4) is 0 Å². The number of rotatable bonds is 16. The number of aliphatic hydroxyl groups excluding tert-OH is 1. The summed E-state index contributed by atoms with van der Waals surface area (Å²) in [6.07, 6.45) is -0.404. The minimum atomic E-state index is -1.06. The van der Waals surface area contributed by atoms with Crippen LogP contribution in [0, 0.1) is 0 Å². The summed E-state index contributed by atoms with van der Waals surface area (Å²) in [5.41, 5.74) is 3.00. The number of nitrogens with one attached hydrogen (secondary N) is 1. The zero-order valence-corrected chi connectivity index (χ0v) is 21.4. The van der Waals surface area contributed by atoms with Crippen molar-refractivity contribution in [2.75, 3.05) is 6.61 Å². The molecule has 0 bridgehead atoms. The van der Waals surface area contributed by atoms with E-state index in [1.54, 1.807) is 6.08 Å². The third-order valence-corrected chi connectivity index (χ3v) is 5.91. The summed E-state index contributed by atoms with van der Waals surface area (Å²) in [6.45, 7) is 6.40. The molecule has 0 fully saturated rings. The van der Waals surface area contributed by atoms with Crippen molar-refractivity contribution in [1.29, 1.82) is 0 Å². The van der Waals surface area contributed by atoms with E-state index in [9.17, 15) is 9.90 Å². The average Bonchev–Trinajstić information content (AvgIpc) is 2.92. The molecule has 0 radical (unpaired) electrons. The van der Waals surface area contributed by atoms with Crippen LogP contribution in [-0.2, 0) is 38.8 Å². The number of benzene rings is 3. The van der Waals surface area contributed by atoms with Gasteiger partial charge in [0.15, 0.2) is 0 Å². The lowest BCUT2D eigenvalue weighted by molar-refractivity contribution is -0.159. The molecule has 0 aliphatic heterocycles. The molecule has 2 N–H and O–H groups in total. The summed E-state index contributed by atoms with van der Waals surface area (Å²) < 4.78 is 18.7. The second-order valence-electron chi connectivity index (χ2n) is 8.92. The number of ether oxygens (including phenoxy) is 3. The number of carbonyl (C=O) groups excluding carboxylic acids is 1. The van der Waals surface area contributed by atoms with Crippen molar-refractivity contribution in [3.63, 3.8) is 0 Å². The summed E-state index contributed by atoms with van der Waals surface area (Å²) in [7, 11) is 0. The van der Waals surface area contributed by atoms with Gasteiger partial charge in [-0.2, -0.15) is 0 Å². The third-order valence-electron chi connectivity index (χ3n) is 5.91. The van der Waals surface area contributed by atoms with E-state index in [0.717, 1.165) is 16.7 Å². The Hall–Kier alpha value is -3.29. The van der Waals surface area contributed by atoms with E-state index < -0.39 is 24.4 Å². The maximum Gasteiger partial charge on any atom is 0.217 e. The van der Waals surface area contributed by atoms with E-state index in [-0.39, 0.29) is 19.1 Å². The Morgan fingerprint density at radius 2 is 1.32 bits per heavy atom. The smallest absolute Gasteiger partial charge is 0.217 e. The first-order valence-electron chi connectivity index (χ1n) is 12.6. The van der Waals surface area contributed by atoms with Gasteiger partial charge < -0.3 is 24.6 Å². The molecule has 0 aliphatic rings. The molecule has 0 unspecified atom stereocenters. The van der Waals surface area contributed by atoms with Crippen molar-refractivity contribution in [2.45, 2.75) is 57.5 Å². The summed E-state index contributed by atoms with van der Waals surface area (Å²) in [4.78, 5) is 11.9. The van der Waals surface area contributed by atoms with Crippen LogP contribution in [0.4, 0.5) is 0 Å². The van der Waals surface area contributed by atoms with E-state index in [4.69, 9.17) is 14.2 Å². The summed E-state index contributed by atoms with van der Waals surface area (Å²) in [6, 6.07) is 28.9. The van der Waals surface area contributed by atoms with Gasteiger partial charge in [-0.3, -0.25) is 4.79 Å². The SMILES string of the molecule is C=CC[C@@H](NC(C)=O)[C@@H](O)[C@H](OCc1ccccc1)[C@@H](COCc1ccccc1)OCc1ccccc1. The topological polar surface area (TPSA) is 77.0 Å². The molecular formula is C31H37NO5. The number of hydrogen-bond donors (Lipinski definition) is 2. The van der Waals surface area contributed by atoms with Gasteiger partial charge in [-0.15, -0.1) is 6.58 Å². The van der Waals surface area contributed by atoms with Crippen LogP contribution in [0.5, 0.6) is 0 Å². The van der Waals surface area contributed by atoms with Gasteiger partial charge >= 0.3 is 0 Å². The summed E-state index contributed by atoms with van der Waals surface area (Å²) in [5, 5.41) is 14.3. The van der Waals surface area contributed by atoms with Gasteiger partial charge in [0, 0.05) is 6.92 Å². The highest BCUT2D eigenvalue weighted by Crippen LogP contribution is 2.20. The van der Waals surface area contributed by atoms with Gasteiger partial charge in [-0.05, 0) is 23.1 Å². The number of amides is 1. The molecule has 4 atom stereocenters.